The molecular formula is C22H27FN2O3S. The van der Waals surface area contributed by atoms with Crippen LogP contribution in [0.15, 0.2) is 53.4 Å². The number of hydrogen-bond donors (Lipinski definition) is 1. The van der Waals surface area contributed by atoms with Gasteiger partial charge in [0, 0.05) is 25.0 Å². The van der Waals surface area contributed by atoms with Crippen molar-refractivity contribution >= 4 is 15.9 Å². The van der Waals surface area contributed by atoms with Crippen LogP contribution in [0.3, 0.4) is 0 Å². The highest BCUT2D eigenvalue weighted by Gasteiger charge is 2.39. The van der Waals surface area contributed by atoms with Crippen molar-refractivity contribution in [3.63, 3.8) is 0 Å². The minimum Gasteiger partial charge on any atom is -0.351 e. The summed E-state index contributed by atoms with van der Waals surface area (Å²) in [6.07, 6.45) is 2.99. The largest absolute Gasteiger partial charge is 0.351 e. The summed E-state index contributed by atoms with van der Waals surface area (Å²) in [5.41, 5.74) is 0.767. The van der Waals surface area contributed by atoms with Gasteiger partial charge in [0.05, 0.1) is 10.5 Å². The van der Waals surface area contributed by atoms with Gasteiger partial charge in [0.1, 0.15) is 5.82 Å². The SMILES string of the molecule is CCN(CC)S(=O)(=O)c1ccc(F)c(C(=O)NCC2(c3ccccc3)CCC2)c1. The van der Waals surface area contributed by atoms with Crippen LogP contribution >= 0.6 is 0 Å². The third kappa shape index (κ3) is 4.21. The Morgan fingerprint density at radius 3 is 2.31 bits per heavy atom. The van der Waals surface area contributed by atoms with Gasteiger partial charge in [0.25, 0.3) is 5.91 Å². The smallest absolute Gasteiger partial charge is 0.254 e. The number of nitrogens with zero attached hydrogens (tertiary/aromatic N) is 1. The summed E-state index contributed by atoms with van der Waals surface area (Å²) < 4.78 is 41.0. The normalized spacial score (nSPS) is 15.7. The summed E-state index contributed by atoms with van der Waals surface area (Å²) in [7, 11) is -3.77. The first-order chi connectivity index (χ1) is 13.8. The van der Waals surface area contributed by atoms with Gasteiger partial charge >= 0.3 is 0 Å². The van der Waals surface area contributed by atoms with E-state index in [9.17, 15) is 17.6 Å². The monoisotopic (exact) mass is 418 g/mol. The van der Waals surface area contributed by atoms with Crippen LogP contribution in [0.4, 0.5) is 4.39 Å². The number of rotatable bonds is 8. The molecule has 1 amide bonds. The Morgan fingerprint density at radius 1 is 1.10 bits per heavy atom. The standard InChI is InChI=1S/C22H27FN2O3S/c1-3-25(4-2)29(27,28)18-11-12-20(23)19(15-18)21(26)24-16-22(13-8-14-22)17-9-6-5-7-10-17/h5-7,9-12,15H,3-4,8,13-14,16H2,1-2H3,(H,24,26). The summed E-state index contributed by atoms with van der Waals surface area (Å²) in [6, 6.07) is 13.4. The molecule has 2 aromatic rings. The minimum atomic E-state index is -3.77. The number of sulfonamides is 1. The van der Waals surface area contributed by atoms with Crippen molar-refractivity contribution in [2.45, 2.75) is 43.4 Å². The number of hydrogen-bond acceptors (Lipinski definition) is 3. The lowest BCUT2D eigenvalue weighted by Crippen LogP contribution is -2.45. The summed E-state index contributed by atoms with van der Waals surface area (Å²) >= 11 is 0. The molecule has 0 heterocycles. The van der Waals surface area contributed by atoms with E-state index < -0.39 is 21.7 Å². The Bertz CT molecular complexity index is 969. The van der Waals surface area contributed by atoms with Crippen LogP contribution in [0.25, 0.3) is 0 Å². The predicted octanol–water partition coefficient (Wildman–Crippen LogP) is 3.71. The maximum atomic E-state index is 14.3. The summed E-state index contributed by atoms with van der Waals surface area (Å²) in [5.74, 6) is -1.33. The van der Waals surface area contributed by atoms with E-state index in [0.717, 1.165) is 37.0 Å². The highest BCUT2D eigenvalue weighted by atomic mass is 32.2. The van der Waals surface area contributed by atoms with E-state index >= 15 is 0 Å². The first kappa shape index (κ1) is 21.5. The zero-order chi connectivity index (χ0) is 21.1. The molecule has 3 rings (SSSR count). The number of carbonyl (C=O) groups excluding carboxylic acids is 1. The molecule has 1 aliphatic carbocycles. The van der Waals surface area contributed by atoms with Gasteiger partial charge in [0.15, 0.2) is 0 Å². The number of benzene rings is 2. The second-order valence-corrected chi connectivity index (χ2v) is 9.35. The third-order valence-electron chi connectivity index (χ3n) is 5.81. The van der Waals surface area contributed by atoms with Crippen LogP contribution in [0.5, 0.6) is 0 Å². The molecule has 29 heavy (non-hydrogen) atoms. The molecule has 156 valence electrons. The highest BCUT2D eigenvalue weighted by molar-refractivity contribution is 7.89. The molecule has 7 heteroatoms. The van der Waals surface area contributed by atoms with E-state index in [-0.39, 0.29) is 15.9 Å². The van der Waals surface area contributed by atoms with Crippen molar-refractivity contribution in [1.82, 2.24) is 9.62 Å². The van der Waals surface area contributed by atoms with Gasteiger partial charge in [-0.3, -0.25) is 4.79 Å². The fourth-order valence-electron chi connectivity index (χ4n) is 3.86. The fourth-order valence-corrected chi connectivity index (χ4v) is 5.34. The molecule has 1 aliphatic rings. The van der Waals surface area contributed by atoms with Crippen LogP contribution in [-0.2, 0) is 15.4 Å². The average Bonchev–Trinajstić information content (AvgIpc) is 2.68. The molecule has 1 saturated carbocycles. The van der Waals surface area contributed by atoms with Gasteiger partial charge in [-0.05, 0) is 36.6 Å². The molecule has 0 atom stereocenters. The lowest BCUT2D eigenvalue weighted by molar-refractivity contribution is 0.0923. The molecular weight excluding hydrogens is 391 g/mol. The molecule has 5 nitrogen and oxygen atoms in total. The minimum absolute atomic E-state index is 0.0748. The van der Waals surface area contributed by atoms with Crippen molar-refractivity contribution in [3.05, 3.63) is 65.5 Å². The molecule has 0 radical (unpaired) electrons. The molecule has 0 saturated heterocycles. The van der Waals surface area contributed by atoms with E-state index in [2.05, 4.69) is 5.32 Å². The van der Waals surface area contributed by atoms with Gasteiger partial charge in [-0.15, -0.1) is 0 Å². The maximum absolute atomic E-state index is 14.3. The van der Waals surface area contributed by atoms with Gasteiger partial charge in [0.2, 0.25) is 10.0 Å². The van der Waals surface area contributed by atoms with Gasteiger partial charge in [-0.2, -0.15) is 4.31 Å². The van der Waals surface area contributed by atoms with Crippen LogP contribution in [0.1, 0.15) is 49.0 Å². The number of halogens is 1. The van der Waals surface area contributed by atoms with Crippen LogP contribution in [0, 0.1) is 5.82 Å². The van der Waals surface area contributed by atoms with Crippen molar-refractivity contribution in [2.24, 2.45) is 0 Å². The first-order valence-corrected chi connectivity index (χ1v) is 11.4. The van der Waals surface area contributed by atoms with Crippen molar-refractivity contribution in [1.29, 1.82) is 0 Å². The quantitative estimate of drug-likeness (QED) is 0.711. The average molecular weight is 419 g/mol. The molecule has 0 unspecified atom stereocenters. The Morgan fingerprint density at radius 2 is 1.76 bits per heavy atom. The molecule has 0 spiro atoms. The number of amides is 1. The van der Waals surface area contributed by atoms with E-state index in [4.69, 9.17) is 0 Å². The summed E-state index contributed by atoms with van der Waals surface area (Å²) in [4.78, 5) is 12.6. The van der Waals surface area contributed by atoms with Crippen molar-refractivity contribution < 1.29 is 17.6 Å². The lowest BCUT2D eigenvalue weighted by Gasteiger charge is -2.42. The predicted molar refractivity (Wildman–Crippen MR) is 111 cm³/mol. The van der Waals surface area contributed by atoms with E-state index in [1.165, 1.54) is 10.4 Å². The molecule has 1 fully saturated rings. The zero-order valence-corrected chi connectivity index (χ0v) is 17.6. The van der Waals surface area contributed by atoms with E-state index in [1.54, 1.807) is 13.8 Å². The van der Waals surface area contributed by atoms with E-state index in [1.807, 2.05) is 30.3 Å². The first-order valence-electron chi connectivity index (χ1n) is 9.97. The lowest BCUT2D eigenvalue weighted by atomic mass is 9.64. The second-order valence-electron chi connectivity index (χ2n) is 7.41. The third-order valence-corrected chi connectivity index (χ3v) is 7.86. The molecule has 0 aromatic heterocycles. The maximum Gasteiger partial charge on any atom is 0.254 e. The van der Waals surface area contributed by atoms with Crippen molar-refractivity contribution in [2.75, 3.05) is 19.6 Å². The topological polar surface area (TPSA) is 66.5 Å². The fraction of sp³-hybridized carbons (Fsp3) is 0.409. The highest BCUT2D eigenvalue weighted by Crippen LogP contribution is 2.43. The molecule has 0 bridgehead atoms. The Balaban J connectivity index is 1.81. The van der Waals surface area contributed by atoms with Crippen LogP contribution in [-0.4, -0.2) is 38.3 Å². The summed E-state index contributed by atoms with van der Waals surface area (Å²) in [6.45, 7) is 4.47. The zero-order valence-electron chi connectivity index (χ0n) is 16.8. The van der Waals surface area contributed by atoms with Gasteiger partial charge in [-0.1, -0.05) is 50.6 Å². The Hall–Kier alpha value is -2.25. The van der Waals surface area contributed by atoms with Crippen molar-refractivity contribution in [3.8, 4) is 0 Å². The van der Waals surface area contributed by atoms with Gasteiger partial charge in [-0.25, -0.2) is 12.8 Å². The van der Waals surface area contributed by atoms with Gasteiger partial charge < -0.3 is 5.32 Å². The number of nitrogens with one attached hydrogen (secondary N) is 1. The van der Waals surface area contributed by atoms with E-state index in [0.29, 0.717) is 19.6 Å². The van der Waals surface area contributed by atoms with Crippen LogP contribution in [0.2, 0.25) is 0 Å². The number of carbonyl (C=O) groups is 1. The Labute approximate surface area is 172 Å². The summed E-state index contributed by atoms with van der Waals surface area (Å²) in [5, 5.41) is 2.83. The molecule has 0 aliphatic heterocycles. The van der Waals surface area contributed by atoms with Crippen LogP contribution < -0.4 is 5.32 Å². The second kappa shape index (κ2) is 8.63. The molecule has 1 N–H and O–H groups in total. The molecule has 2 aromatic carbocycles. The Kier molecular flexibility index (Phi) is 6.39.